The van der Waals surface area contributed by atoms with Gasteiger partial charge in [-0.15, -0.1) is 0 Å². The van der Waals surface area contributed by atoms with Crippen molar-refractivity contribution in [2.45, 2.75) is 44.6 Å². The van der Waals surface area contributed by atoms with E-state index in [0.29, 0.717) is 16.6 Å². The highest BCUT2D eigenvalue weighted by atomic mass is 32.2. The van der Waals surface area contributed by atoms with E-state index in [0.717, 1.165) is 33.3 Å². The van der Waals surface area contributed by atoms with Gasteiger partial charge in [-0.2, -0.15) is 0 Å². The normalized spacial score (nSPS) is 11.6. The highest BCUT2D eigenvalue weighted by Gasteiger charge is 2.22. The second-order valence-corrected chi connectivity index (χ2v) is 11.4. The molecule has 0 aliphatic rings. The fourth-order valence-corrected chi connectivity index (χ4v) is 6.18. The summed E-state index contributed by atoms with van der Waals surface area (Å²) < 4.78 is 26.5. The summed E-state index contributed by atoms with van der Waals surface area (Å²) in [7, 11) is -3.44. The number of aryl methyl sites for hydroxylation is 2. The molecule has 0 aliphatic heterocycles. The molecule has 1 amide bonds. The Bertz CT molecular complexity index is 1380. The van der Waals surface area contributed by atoms with Gasteiger partial charge in [0.2, 0.25) is 5.91 Å². The largest absolute Gasteiger partial charge is 0.284 e. The van der Waals surface area contributed by atoms with Gasteiger partial charge in [-0.05, 0) is 49.1 Å². The monoisotopic (exact) mass is 492 g/mol. The highest BCUT2D eigenvalue weighted by molar-refractivity contribution is 7.91. The van der Waals surface area contributed by atoms with Crippen LogP contribution in [0.4, 0.5) is 5.13 Å². The first kappa shape index (κ1) is 24.1. The van der Waals surface area contributed by atoms with E-state index in [1.54, 1.807) is 29.2 Å². The zero-order chi connectivity index (χ0) is 24.1. The number of anilines is 1. The van der Waals surface area contributed by atoms with E-state index in [1.165, 1.54) is 11.3 Å². The van der Waals surface area contributed by atoms with Gasteiger partial charge in [0.15, 0.2) is 15.0 Å². The van der Waals surface area contributed by atoms with Gasteiger partial charge in [-0.25, -0.2) is 13.4 Å². The maximum atomic E-state index is 13.3. The Hall–Kier alpha value is -3.03. The van der Waals surface area contributed by atoms with E-state index in [2.05, 4.69) is 13.0 Å². The Labute approximate surface area is 205 Å². The van der Waals surface area contributed by atoms with E-state index in [4.69, 9.17) is 4.98 Å². The molecule has 3 aromatic carbocycles. The quantitative estimate of drug-likeness (QED) is 0.289. The minimum Gasteiger partial charge on any atom is -0.284 e. The summed E-state index contributed by atoms with van der Waals surface area (Å²) >= 11 is 1.50. The van der Waals surface area contributed by atoms with Crippen molar-refractivity contribution < 1.29 is 13.2 Å². The number of carbonyl (C=O) groups excluding carboxylic acids is 1. The SMILES string of the molecule is CCc1cccc2sc(N(Cc3ccccc3)C(=O)CCCS(=O)(=O)c3ccc(C)cc3)nc12. The maximum absolute atomic E-state index is 13.3. The Kier molecular flexibility index (Phi) is 7.44. The number of para-hydroxylation sites is 1. The third-order valence-electron chi connectivity index (χ3n) is 5.77. The van der Waals surface area contributed by atoms with Crippen LogP contribution in [-0.2, 0) is 27.6 Å². The summed E-state index contributed by atoms with van der Waals surface area (Å²) in [5, 5.41) is 0.645. The van der Waals surface area contributed by atoms with E-state index >= 15 is 0 Å². The van der Waals surface area contributed by atoms with Crippen LogP contribution in [0.15, 0.2) is 77.7 Å². The van der Waals surface area contributed by atoms with Crippen LogP contribution >= 0.6 is 11.3 Å². The van der Waals surface area contributed by atoms with Gasteiger partial charge in [-0.3, -0.25) is 9.69 Å². The molecule has 1 heterocycles. The number of sulfone groups is 1. The number of rotatable bonds is 9. The van der Waals surface area contributed by atoms with Crippen molar-refractivity contribution in [1.29, 1.82) is 0 Å². The third-order valence-corrected chi connectivity index (χ3v) is 8.63. The molecule has 0 radical (unpaired) electrons. The molecular weight excluding hydrogens is 464 g/mol. The number of hydrogen-bond acceptors (Lipinski definition) is 5. The molecule has 7 heteroatoms. The van der Waals surface area contributed by atoms with Crippen molar-refractivity contribution in [2.75, 3.05) is 10.7 Å². The smallest absolute Gasteiger partial charge is 0.229 e. The predicted octanol–water partition coefficient (Wildman–Crippen LogP) is 5.95. The highest BCUT2D eigenvalue weighted by Crippen LogP contribution is 2.32. The number of amides is 1. The molecule has 0 aliphatic carbocycles. The molecule has 0 bridgehead atoms. The van der Waals surface area contributed by atoms with Crippen LogP contribution in [0.25, 0.3) is 10.2 Å². The van der Waals surface area contributed by atoms with Gasteiger partial charge in [-0.1, -0.05) is 78.4 Å². The molecule has 176 valence electrons. The number of thiazole rings is 1. The zero-order valence-corrected chi connectivity index (χ0v) is 21.0. The Morgan fingerprint density at radius 2 is 1.71 bits per heavy atom. The summed E-state index contributed by atoms with van der Waals surface area (Å²) in [5.74, 6) is -0.194. The van der Waals surface area contributed by atoms with Crippen LogP contribution in [0.5, 0.6) is 0 Å². The van der Waals surface area contributed by atoms with Crippen LogP contribution in [0.1, 0.15) is 36.5 Å². The molecule has 4 aromatic rings. The van der Waals surface area contributed by atoms with Crippen LogP contribution in [-0.4, -0.2) is 25.1 Å². The second kappa shape index (κ2) is 10.5. The number of aromatic nitrogens is 1. The molecule has 0 unspecified atom stereocenters. The van der Waals surface area contributed by atoms with E-state index in [-0.39, 0.29) is 24.5 Å². The van der Waals surface area contributed by atoms with Gasteiger partial charge in [0.05, 0.1) is 27.4 Å². The van der Waals surface area contributed by atoms with Crippen molar-refractivity contribution in [3.8, 4) is 0 Å². The molecule has 4 rings (SSSR count). The van der Waals surface area contributed by atoms with Crippen molar-refractivity contribution in [2.24, 2.45) is 0 Å². The predicted molar refractivity (Wildman–Crippen MR) is 139 cm³/mol. The van der Waals surface area contributed by atoms with Crippen molar-refractivity contribution in [3.05, 3.63) is 89.5 Å². The zero-order valence-electron chi connectivity index (χ0n) is 19.4. The van der Waals surface area contributed by atoms with Crippen LogP contribution in [0, 0.1) is 6.92 Å². The number of benzene rings is 3. The average Bonchev–Trinajstić information content (AvgIpc) is 3.27. The summed E-state index contributed by atoms with van der Waals surface area (Å²) in [5.41, 5.74) is 4.08. The van der Waals surface area contributed by atoms with Crippen molar-refractivity contribution >= 4 is 42.4 Å². The minimum atomic E-state index is -3.44. The van der Waals surface area contributed by atoms with Gasteiger partial charge in [0.1, 0.15) is 0 Å². The lowest BCUT2D eigenvalue weighted by atomic mass is 10.1. The van der Waals surface area contributed by atoms with Crippen LogP contribution in [0.3, 0.4) is 0 Å². The molecule has 0 N–H and O–H groups in total. The average molecular weight is 493 g/mol. The van der Waals surface area contributed by atoms with Crippen LogP contribution < -0.4 is 4.90 Å². The molecule has 0 saturated heterocycles. The molecule has 34 heavy (non-hydrogen) atoms. The minimum absolute atomic E-state index is 0.0686. The first-order valence-corrected chi connectivity index (χ1v) is 13.9. The third kappa shape index (κ3) is 5.54. The number of nitrogens with zero attached hydrogens (tertiary/aromatic N) is 2. The summed E-state index contributed by atoms with van der Waals surface area (Å²) in [6.07, 6.45) is 1.25. The standard InChI is InChI=1S/C27H28N2O3S2/c1-3-22-11-7-12-24-26(22)28-27(33-24)29(19-21-9-5-4-6-10-21)25(30)13-8-18-34(31,32)23-16-14-20(2)15-17-23/h4-7,9-12,14-17H,3,8,13,18-19H2,1-2H3. The molecule has 0 fully saturated rings. The van der Waals surface area contributed by atoms with Crippen LogP contribution in [0.2, 0.25) is 0 Å². The molecule has 0 spiro atoms. The molecule has 5 nitrogen and oxygen atoms in total. The molecular formula is C27H28N2O3S2. The Balaban J connectivity index is 1.54. The Morgan fingerprint density at radius 3 is 2.41 bits per heavy atom. The molecule has 1 aromatic heterocycles. The molecule has 0 saturated carbocycles. The number of hydrogen-bond donors (Lipinski definition) is 0. The number of carbonyl (C=O) groups is 1. The molecule has 0 atom stereocenters. The maximum Gasteiger partial charge on any atom is 0.229 e. The first-order valence-electron chi connectivity index (χ1n) is 11.4. The first-order chi connectivity index (χ1) is 16.4. The topological polar surface area (TPSA) is 67.3 Å². The van der Waals surface area contributed by atoms with E-state index in [9.17, 15) is 13.2 Å². The van der Waals surface area contributed by atoms with Gasteiger partial charge in [0.25, 0.3) is 0 Å². The Morgan fingerprint density at radius 1 is 0.971 bits per heavy atom. The second-order valence-electron chi connectivity index (χ2n) is 8.31. The van der Waals surface area contributed by atoms with Crippen molar-refractivity contribution in [3.63, 3.8) is 0 Å². The fourth-order valence-electron chi connectivity index (χ4n) is 3.83. The van der Waals surface area contributed by atoms with Gasteiger partial charge in [0, 0.05) is 6.42 Å². The van der Waals surface area contributed by atoms with E-state index < -0.39 is 9.84 Å². The number of fused-ring (bicyclic) bond motifs is 1. The van der Waals surface area contributed by atoms with Gasteiger partial charge < -0.3 is 0 Å². The lowest BCUT2D eigenvalue weighted by Gasteiger charge is -2.20. The lowest BCUT2D eigenvalue weighted by Crippen LogP contribution is -2.30. The lowest BCUT2D eigenvalue weighted by molar-refractivity contribution is -0.118. The summed E-state index contributed by atoms with van der Waals surface area (Å²) in [6, 6.07) is 22.7. The van der Waals surface area contributed by atoms with Gasteiger partial charge >= 0.3 is 0 Å². The summed E-state index contributed by atoms with van der Waals surface area (Å²) in [6.45, 7) is 4.41. The van der Waals surface area contributed by atoms with E-state index in [1.807, 2.05) is 49.4 Å². The fraction of sp³-hybridized carbons (Fsp3) is 0.259. The summed E-state index contributed by atoms with van der Waals surface area (Å²) in [4.78, 5) is 20.2. The van der Waals surface area contributed by atoms with Crippen molar-refractivity contribution in [1.82, 2.24) is 4.98 Å².